The molecule has 0 spiro atoms. The smallest absolute Gasteiger partial charge is 0.220 e. The Morgan fingerprint density at radius 2 is 1.86 bits per heavy atom. The molecule has 3 rings (SSSR count). The number of nitrogens with zero attached hydrogens (tertiary/aromatic N) is 1. The van der Waals surface area contributed by atoms with Gasteiger partial charge in [0.05, 0.1) is 6.04 Å². The van der Waals surface area contributed by atoms with Crippen molar-refractivity contribution in [1.82, 2.24) is 10.3 Å². The van der Waals surface area contributed by atoms with E-state index in [9.17, 15) is 4.79 Å². The van der Waals surface area contributed by atoms with E-state index in [1.54, 1.807) is 12.3 Å². The molecule has 2 atom stereocenters. The van der Waals surface area contributed by atoms with Gasteiger partial charge < -0.3 is 5.32 Å². The van der Waals surface area contributed by atoms with E-state index in [1.807, 2.05) is 30.3 Å². The highest BCUT2D eigenvalue weighted by Crippen LogP contribution is 2.37. The zero-order valence-electron chi connectivity index (χ0n) is 11.2. The fraction of sp³-hybridized carbons (Fsp3) is 0.250. The van der Waals surface area contributed by atoms with Crippen molar-refractivity contribution >= 4 is 29.1 Å². The van der Waals surface area contributed by atoms with Crippen LogP contribution in [0.4, 0.5) is 0 Å². The number of amides is 1. The molecule has 1 aromatic heterocycles. The lowest BCUT2D eigenvalue weighted by Crippen LogP contribution is -2.37. The van der Waals surface area contributed by atoms with Crippen LogP contribution < -0.4 is 5.32 Å². The fourth-order valence-electron chi connectivity index (χ4n) is 2.73. The second-order valence-electron chi connectivity index (χ2n) is 5.14. The average Bonchev–Trinajstić information content (AvgIpc) is 2.48. The first-order valence-corrected chi connectivity index (χ1v) is 7.55. The number of carbonyl (C=O) groups excluding carboxylic acids is 1. The number of rotatable bonds is 2. The largest absolute Gasteiger partial charge is 0.349 e. The van der Waals surface area contributed by atoms with Gasteiger partial charge in [-0.05, 0) is 36.2 Å². The number of piperidine rings is 1. The molecule has 0 aliphatic carbocycles. The van der Waals surface area contributed by atoms with Crippen LogP contribution in [0.25, 0.3) is 0 Å². The number of pyridine rings is 1. The molecule has 21 heavy (non-hydrogen) atoms. The second-order valence-corrected chi connectivity index (χ2v) is 6.01. The zero-order chi connectivity index (χ0) is 14.8. The Hall–Kier alpha value is -1.58. The number of nitrogens with one attached hydrogen (secondary N) is 1. The van der Waals surface area contributed by atoms with E-state index in [0.29, 0.717) is 16.5 Å². The average molecular weight is 321 g/mol. The molecule has 1 aliphatic rings. The van der Waals surface area contributed by atoms with E-state index in [2.05, 4.69) is 10.3 Å². The van der Waals surface area contributed by atoms with Crippen molar-refractivity contribution in [1.29, 1.82) is 0 Å². The quantitative estimate of drug-likeness (QED) is 0.904. The number of benzene rings is 1. The van der Waals surface area contributed by atoms with Gasteiger partial charge in [-0.2, -0.15) is 0 Å². The van der Waals surface area contributed by atoms with Gasteiger partial charge in [-0.25, -0.2) is 0 Å². The molecule has 1 N–H and O–H groups in total. The summed E-state index contributed by atoms with van der Waals surface area (Å²) < 4.78 is 0. The van der Waals surface area contributed by atoms with Crippen molar-refractivity contribution in [3.05, 3.63) is 63.9 Å². The van der Waals surface area contributed by atoms with Gasteiger partial charge in [-0.3, -0.25) is 9.78 Å². The minimum atomic E-state index is -0.102. The summed E-state index contributed by atoms with van der Waals surface area (Å²) in [5.41, 5.74) is 1.93. The molecule has 1 amide bonds. The van der Waals surface area contributed by atoms with Gasteiger partial charge in [0.25, 0.3) is 0 Å². The van der Waals surface area contributed by atoms with Crippen molar-refractivity contribution < 1.29 is 4.79 Å². The highest BCUT2D eigenvalue weighted by molar-refractivity contribution is 6.30. The predicted octanol–water partition coefficient (Wildman–Crippen LogP) is 4.12. The van der Waals surface area contributed by atoms with Crippen LogP contribution in [0.2, 0.25) is 10.0 Å². The van der Waals surface area contributed by atoms with Crippen molar-refractivity contribution in [2.45, 2.75) is 24.8 Å². The lowest BCUT2D eigenvalue weighted by atomic mass is 9.83. The molecule has 5 heteroatoms. The Bertz CT molecular complexity index is 658. The molecule has 108 valence electrons. The molecule has 2 heterocycles. The number of aromatic nitrogens is 1. The molecule has 1 aromatic carbocycles. The number of carbonyl (C=O) groups is 1. The minimum Gasteiger partial charge on any atom is -0.349 e. The molecule has 0 radical (unpaired) electrons. The number of halogens is 2. The molecule has 1 fully saturated rings. The van der Waals surface area contributed by atoms with Gasteiger partial charge >= 0.3 is 0 Å². The summed E-state index contributed by atoms with van der Waals surface area (Å²) in [7, 11) is 0. The maximum atomic E-state index is 11.8. The Morgan fingerprint density at radius 3 is 2.57 bits per heavy atom. The Balaban J connectivity index is 1.96. The van der Waals surface area contributed by atoms with Crippen LogP contribution in [0.15, 0.2) is 42.6 Å². The van der Waals surface area contributed by atoms with E-state index in [0.717, 1.165) is 17.7 Å². The maximum Gasteiger partial charge on any atom is 0.220 e. The lowest BCUT2D eigenvalue weighted by Gasteiger charge is -2.32. The third-order valence-electron chi connectivity index (χ3n) is 3.75. The van der Waals surface area contributed by atoms with Gasteiger partial charge in [0.2, 0.25) is 5.91 Å². The normalized spacial score (nSPS) is 21.9. The summed E-state index contributed by atoms with van der Waals surface area (Å²) in [6.07, 6.45) is 2.96. The topological polar surface area (TPSA) is 42.0 Å². The van der Waals surface area contributed by atoms with Crippen LogP contribution in [0.3, 0.4) is 0 Å². The van der Waals surface area contributed by atoms with Gasteiger partial charge in [0.15, 0.2) is 0 Å². The third kappa shape index (κ3) is 3.20. The minimum absolute atomic E-state index is 0.0632. The van der Waals surface area contributed by atoms with E-state index < -0.39 is 0 Å². The first-order chi connectivity index (χ1) is 10.1. The van der Waals surface area contributed by atoms with E-state index in [-0.39, 0.29) is 17.9 Å². The third-order valence-corrected chi connectivity index (χ3v) is 4.24. The van der Waals surface area contributed by atoms with Gasteiger partial charge in [-0.15, -0.1) is 0 Å². The van der Waals surface area contributed by atoms with Gasteiger partial charge in [0, 0.05) is 34.3 Å². The molecular formula is C16H14Cl2N2O. The van der Waals surface area contributed by atoms with Crippen LogP contribution in [0, 0.1) is 0 Å². The summed E-state index contributed by atoms with van der Waals surface area (Å²) in [5.74, 6) is 0.177. The second kappa shape index (κ2) is 6.04. The van der Waals surface area contributed by atoms with Crippen LogP contribution in [0.5, 0.6) is 0 Å². The lowest BCUT2D eigenvalue weighted by molar-refractivity contribution is -0.123. The van der Waals surface area contributed by atoms with Gasteiger partial charge in [-0.1, -0.05) is 35.3 Å². The Kier molecular flexibility index (Phi) is 4.13. The van der Waals surface area contributed by atoms with Crippen LogP contribution in [-0.4, -0.2) is 10.9 Å². The van der Waals surface area contributed by atoms with Crippen molar-refractivity contribution in [3.63, 3.8) is 0 Å². The molecule has 1 saturated heterocycles. The molecule has 3 nitrogen and oxygen atoms in total. The van der Waals surface area contributed by atoms with Crippen molar-refractivity contribution in [2.24, 2.45) is 0 Å². The summed E-state index contributed by atoms with van der Waals surface area (Å²) >= 11 is 12.0. The van der Waals surface area contributed by atoms with E-state index >= 15 is 0 Å². The SMILES string of the molecule is O=C1CCC(c2cc(Cl)ccn2)C(c2ccc(Cl)cc2)N1. The highest BCUT2D eigenvalue weighted by Gasteiger charge is 2.31. The fourth-order valence-corrected chi connectivity index (χ4v) is 3.02. The van der Waals surface area contributed by atoms with E-state index in [1.165, 1.54) is 0 Å². The van der Waals surface area contributed by atoms with Crippen LogP contribution >= 0.6 is 23.2 Å². The number of hydrogen-bond acceptors (Lipinski definition) is 2. The Morgan fingerprint density at radius 1 is 1.10 bits per heavy atom. The predicted molar refractivity (Wildman–Crippen MR) is 83.6 cm³/mol. The summed E-state index contributed by atoms with van der Waals surface area (Å²) in [5, 5.41) is 4.39. The molecule has 2 unspecified atom stereocenters. The first-order valence-electron chi connectivity index (χ1n) is 6.80. The number of hydrogen-bond donors (Lipinski definition) is 1. The maximum absolute atomic E-state index is 11.8. The monoisotopic (exact) mass is 320 g/mol. The van der Waals surface area contributed by atoms with E-state index in [4.69, 9.17) is 23.2 Å². The van der Waals surface area contributed by atoms with Gasteiger partial charge in [0.1, 0.15) is 0 Å². The van der Waals surface area contributed by atoms with Crippen LogP contribution in [-0.2, 0) is 4.79 Å². The molecule has 1 aliphatic heterocycles. The summed E-state index contributed by atoms with van der Waals surface area (Å²) in [6.45, 7) is 0. The first kappa shape index (κ1) is 14.4. The molecule has 2 aromatic rings. The standard InChI is InChI=1S/C16H14Cl2N2O/c17-11-3-1-10(2-4-11)16-13(5-6-15(21)20-16)14-9-12(18)7-8-19-14/h1-4,7-9,13,16H,5-6H2,(H,20,21). The summed E-state index contributed by atoms with van der Waals surface area (Å²) in [4.78, 5) is 16.2. The zero-order valence-corrected chi connectivity index (χ0v) is 12.7. The molecular weight excluding hydrogens is 307 g/mol. The van der Waals surface area contributed by atoms with Crippen molar-refractivity contribution in [2.75, 3.05) is 0 Å². The molecule has 0 bridgehead atoms. The summed E-state index contributed by atoms with van der Waals surface area (Å²) in [6, 6.07) is 11.1. The molecule has 0 saturated carbocycles. The Labute approximate surface area is 133 Å². The van der Waals surface area contributed by atoms with Crippen LogP contribution in [0.1, 0.15) is 36.1 Å². The highest BCUT2D eigenvalue weighted by atomic mass is 35.5. The van der Waals surface area contributed by atoms with Crippen molar-refractivity contribution in [3.8, 4) is 0 Å².